The van der Waals surface area contributed by atoms with Crippen molar-refractivity contribution in [2.75, 3.05) is 0 Å². The first kappa shape index (κ1) is 10.4. The largest absolute Gasteiger partial charge is 0.303 e. The Morgan fingerprint density at radius 1 is 1.39 bits per heavy atom. The number of aryl methyl sites for hydroxylation is 2. The normalized spacial score (nSPS) is 18.2. The summed E-state index contributed by atoms with van der Waals surface area (Å²) in [5.74, 6) is -0.669. The van der Waals surface area contributed by atoms with E-state index in [0.29, 0.717) is 5.56 Å². The molecule has 0 fully saturated rings. The van der Waals surface area contributed by atoms with E-state index >= 15 is 0 Å². The Bertz CT molecular complexity index is 1050. The topological polar surface area (TPSA) is 21.7 Å². The van der Waals surface area contributed by atoms with Crippen molar-refractivity contribution in [2.45, 2.75) is 33.0 Å². The molecule has 1 aromatic carbocycles. The summed E-state index contributed by atoms with van der Waals surface area (Å²) in [6.07, 6.45) is 6.35. The van der Waals surface area contributed by atoms with E-state index < -0.39 is 12.7 Å². The van der Waals surface area contributed by atoms with Gasteiger partial charge in [0.2, 0.25) is 5.69 Å². The van der Waals surface area contributed by atoms with Crippen LogP contribution in [0.4, 0.5) is 0 Å². The number of imidazole rings is 1. The fraction of sp³-hybridized carbons (Fsp3) is 0.300. The number of aromatic nitrogens is 3. The molecule has 0 radical (unpaired) electrons. The highest BCUT2D eigenvalue weighted by molar-refractivity contribution is 5.73. The number of fused-ring (bicyclic) bond motifs is 3. The van der Waals surface area contributed by atoms with Gasteiger partial charge in [0.05, 0.1) is 11.3 Å². The van der Waals surface area contributed by atoms with E-state index in [-0.39, 0.29) is 0 Å². The summed E-state index contributed by atoms with van der Waals surface area (Å²) < 4.78 is 35.8. The maximum Gasteiger partial charge on any atom is 0.213 e. The molecule has 1 unspecified atom stereocenters. The minimum atomic E-state index is -2.40. The van der Waals surface area contributed by atoms with Gasteiger partial charge >= 0.3 is 0 Å². The highest BCUT2D eigenvalue weighted by Gasteiger charge is 2.27. The third-order valence-electron chi connectivity index (χ3n) is 4.65. The fourth-order valence-corrected chi connectivity index (χ4v) is 3.41. The number of rotatable bonds is 2. The SMILES string of the molecule is [2H]C([2H])([2H])C([2H])(C)c1cc[n+](C)c(-c2c(C)ccc3c2Cc2nccn2-3)c1. The average Bonchev–Trinajstić information content (AvgIpc) is 3.15. The van der Waals surface area contributed by atoms with Gasteiger partial charge in [0.25, 0.3) is 0 Å². The minimum Gasteiger partial charge on any atom is -0.303 e. The number of benzene rings is 1. The quantitative estimate of drug-likeness (QED) is 0.517. The lowest BCUT2D eigenvalue weighted by atomic mass is 9.93. The summed E-state index contributed by atoms with van der Waals surface area (Å²) in [5.41, 5.74) is 5.90. The van der Waals surface area contributed by atoms with E-state index in [9.17, 15) is 0 Å². The molecule has 116 valence electrons. The first-order valence-corrected chi connectivity index (χ1v) is 7.77. The summed E-state index contributed by atoms with van der Waals surface area (Å²) in [5, 5.41) is 0. The molecule has 0 N–H and O–H groups in total. The lowest BCUT2D eigenvalue weighted by molar-refractivity contribution is -0.660. The van der Waals surface area contributed by atoms with Gasteiger partial charge in [-0.3, -0.25) is 0 Å². The van der Waals surface area contributed by atoms with Crippen LogP contribution in [0.1, 0.15) is 47.7 Å². The van der Waals surface area contributed by atoms with Gasteiger partial charge in [-0.05, 0) is 35.6 Å². The predicted molar refractivity (Wildman–Crippen MR) is 91.8 cm³/mol. The highest BCUT2D eigenvalue weighted by atomic mass is 15.1. The summed E-state index contributed by atoms with van der Waals surface area (Å²) in [6, 6.07) is 7.77. The van der Waals surface area contributed by atoms with Crippen LogP contribution in [0.2, 0.25) is 0 Å². The van der Waals surface area contributed by atoms with E-state index in [1.807, 2.05) is 30.1 Å². The van der Waals surface area contributed by atoms with Gasteiger partial charge in [0.1, 0.15) is 12.9 Å². The van der Waals surface area contributed by atoms with E-state index in [0.717, 1.165) is 34.8 Å². The maximum atomic E-state index is 8.45. The zero-order valence-corrected chi connectivity index (χ0v) is 13.6. The average molecular weight is 308 g/mol. The molecular formula is C20H22N3+. The van der Waals surface area contributed by atoms with Crippen LogP contribution in [-0.2, 0) is 13.5 Å². The zero-order valence-electron chi connectivity index (χ0n) is 17.6. The molecule has 2 aromatic heterocycles. The van der Waals surface area contributed by atoms with Crippen molar-refractivity contribution < 1.29 is 10.1 Å². The van der Waals surface area contributed by atoms with Crippen LogP contribution in [0.25, 0.3) is 16.9 Å². The zero-order chi connectivity index (χ0) is 19.6. The van der Waals surface area contributed by atoms with Crippen molar-refractivity contribution in [1.82, 2.24) is 9.55 Å². The maximum absolute atomic E-state index is 8.45. The van der Waals surface area contributed by atoms with E-state index in [1.54, 1.807) is 12.3 Å². The Kier molecular flexibility index (Phi) is 2.28. The van der Waals surface area contributed by atoms with Gasteiger partial charge in [0.15, 0.2) is 6.20 Å². The van der Waals surface area contributed by atoms with Crippen molar-refractivity contribution in [2.24, 2.45) is 7.05 Å². The second-order valence-corrected chi connectivity index (χ2v) is 6.18. The molecule has 0 saturated carbocycles. The van der Waals surface area contributed by atoms with Crippen LogP contribution in [0, 0.1) is 6.92 Å². The predicted octanol–water partition coefficient (Wildman–Crippen LogP) is 3.70. The van der Waals surface area contributed by atoms with E-state index in [1.165, 1.54) is 12.5 Å². The third kappa shape index (κ3) is 2.11. The van der Waals surface area contributed by atoms with Crippen molar-refractivity contribution in [3.05, 3.63) is 65.4 Å². The van der Waals surface area contributed by atoms with Crippen molar-refractivity contribution in [3.8, 4) is 16.9 Å². The summed E-state index contributed by atoms with van der Waals surface area (Å²) in [4.78, 5) is 4.44. The Morgan fingerprint density at radius 3 is 3.09 bits per heavy atom. The molecule has 1 aliphatic heterocycles. The molecule has 4 rings (SSSR count). The summed E-state index contributed by atoms with van der Waals surface area (Å²) >= 11 is 0. The van der Waals surface area contributed by atoms with Gasteiger partial charge in [-0.1, -0.05) is 19.8 Å². The molecule has 1 atom stereocenters. The van der Waals surface area contributed by atoms with Crippen LogP contribution in [0.3, 0.4) is 0 Å². The number of hydrogen-bond donors (Lipinski definition) is 0. The van der Waals surface area contributed by atoms with Gasteiger partial charge in [-0.25, -0.2) is 9.55 Å². The molecular weight excluding hydrogens is 282 g/mol. The van der Waals surface area contributed by atoms with E-state index in [4.69, 9.17) is 5.48 Å². The number of hydrogen-bond acceptors (Lipinski definition) is 1. The highest BCUT2D eigenvalue weighted by Crippen LogP contribution is 2.36. The van der Waals surface area contributed by atoms with Crippen LogP contribution < -0.4 is 4.57 Å². The molecule has 3 heteroatoms. The Hall–Kier alpha value is -2.42. The monoisotopic (exact) mass is 308 g/mol. The van der Waals surface area contributed by atoms with Crippen LogP contribution in [0.5, 0.6) is 0 Å². The summed E-state index contributed by atoms with van der Waals surface area (Å²) in [6.45, 7) is 1.12. The summed E-state index contributed by atoms with van der Waals surface area (Å²) in [7, 11) is 1.95. The second kappa shape index (κ2) is 5.05. The Labute approximate surface area is 142 Å². The number of pyridine rings is 1. The van der Waals surface area contributed by atoms with Gasteiger partial charge in [-0.2, -0.15) is 0 Å². The Morgan fingerprint density at radius 2 is 2.26 bits per heavy atom. The molecule has 23 heavy (non-hydrogen) atoms. The third-order valence-corrected chi connectivity index (χ3v) is 4.65. The molecule has 0 amide bonds. The molecule has 0 saturated heterocycles. The minimum absolute atomic E-state index is 0.489. The molecule has 3 nitrogen and oxygen atoms in total. The first-order chi connectivity index (χ1) is 12.6. The molecule has 0 aliphatic carbocycles. The van der Waals surface area contributed by atoms with Crippen molar-refractivity contribution >= 4 is 0 Å². The molecule has 3 heterocycles. The van der Waals surface area contributed by atoms with Crippen LogP contribution in [0.15, 0.2) is 42.9 Å². The van der Waals surface area contributed by atoms with Gasteiger partial charge in [-0.15, -0.1) is 0 Å². The lowest BCUT2D eigenvalue weighted by Crippen LogP contribution is -2.31. The van der Waals surface area contributed by atoms with E-state index in [2.05, 4.69) is 28.6 Å². The molecule has 0 spiro atoms. The lowest BCUT2D eigenvalue weighted by Gasteiger charge is -2.13. The van der Waals surface area contributed by atoms with Crippen LogP contribution in [-0.4, -0.2) is 9.55 Å². The molecule has 0 bridgehead atoms. The second-order valence-electron chi connectivity index (χ2n) is 6.18. The van der Waals surface area contributed by atoms with Crippen molar-refractivity contribution in [1.29, 1.82) is 0 Å². The van der Waals surface area contributed by atoms with Gasteiger partial charge in [0, 0.05) is 36.4 Å². The molecule has 1 aliphatic rings. The first-order valence-electron chi connectivity index (χ1n) is 9.77. The fourth-order valence-electron chi connectivity index (χ4n) is 3.41. The standard InChI is InChI=1S/C20H22N3/c1-13(2)15-7-9-22(4)18(11-15)20-14(3)5-6-17-16(20)12-19-21-8-10-23(17)19/h5-11,13H,12H2,1-4H3/q+1/i1D3,13D. The Balaban J connectivity index is 1.93. The van der Waals surface area contributed by atoms with Crippen LogP contribution >= 0.6 is 0 Å². The molecule has 3 aromatic rings. The van der Waals surface area contributed by atoms with Gasteiger partial charge < -0.3 is 4.57 Å². The smallest absolute Gasteiger partial charge is 0.213 e. The number of nitrogens with zero attached hydrogens (tertiary/aromatic N) is 3. The van der Waals surface area contributed by atoms with Crippen molar-refractivity contribution in [3.63, 3.8) is 0 Å².